The highest BCUT2D eigenvalue weighted by Gasteiger charge is 2.35. The van der Waals surface area contributed by atoms with Crippen LogP contribution in [0.2, 0.25) is 0 Å². The van der Waals surface area contributed by atoms with E-state index in [1.54, 1.807) is 18.2 Å². The molecule has 0 atom stereocenters. The topological polar surface area (TPSA) is 74.2 Å². The first-order valence-electron chi connectivity index (χ1n) is 6.60. The van der Waals surface area contributed by atoms with E-state index < -0.39 is 5.54 Å². The molecule has 3 rings (SSSR count). The third-order valence-corrected chi connectivity index (χ3v) is 3.59. The van der Waals surface area contributed by atoms with E-state index in [1.807, 2.05) is 0 Å². The number of hydrogen-bond acceptors (Lipinski definition) is 5. The summed E-state index contributed by atoms with van der Waals surface area (Å²) in [5.74, 6) is 0.584. The van der Waals surface area contributed by atoms with Gasteiger partial charge in [-0.2, -0.15) is 4.98 Å². The molecule has 1 aromatic heterocycles. The summed E-state index contributed by atoms with van der Waals surface area (Å²) in [4.78, 5) is 4.32. The van der Waals surface area contributed by atoms with Crippen molar-refractivity contribution in [1.29, 1.82) is 0 Å². The van der Waals surface area contributed by atoms with Gasteiger partial charge >= 0.3 is 0 Å². The summed E-state index contributed by atoms with van der Waals surface area (Å²) in [7, 11) is 0. The fourth-order valence-electron chi connectivity index (χ4n) is 2.29. The predicted molar refractivity (Wildman–Crippen MR) is 69.4 cm³/mol. The summed E-state index contributed by atoms with van der Waals surface area (Å²) in [6.07, 6.45) is 1.59. The second-order valence-electron chi connectivity index (χ2n) is 5.05. The van der Waals surface area contributed by atoms with Crippen molar-refractivity contribution in [3.05, 3.63) is 47.4 Å². The lowest BCUT2D eigenvalue weighted by atomic mass is 9.91. The van der Waals surface area contributed by atoms with Gasteiger partial charge in [-0.25, -0.2) is 4.39 Å². The van der Waals surface area contributed by atoms with Gasteiger partial charge in [-0.1, -0.05) is 23.4 Å². The Bertz CT molecular complexity index is 594. The van der Waals surface area contributed by atoms with Crippen LogP contribution in [0.5, 0.6) is 0 Å². The molecule has 5 nitrogen and oxygen atoms in total. The second-order valence-corrected chi connectivity index (χ2v) is 5.05. The van der Waals surface area contributed by atoms with E-state index in [1.165, 1.54) is 6.07 Å². The Morgan fingerprint density at radius 1 is 1.25 bits per heavy atom. The van der Waals surface area contributed by atoms with E-state index in [9.17, 15) is 4.39 Å². The predicted octanol–water partition coefficient (Wildman–Crippen LogP) is 1.76. The molecule has 1 saturated heterocycles. The maximum Gasteiger partial charge on any atom is 0.246 e. The Kier molecular flexibility index (Phi) is 3.50. The van der Waals surface area contributed by atoms with Crippen LogP contribution in [0.25, 0.3) is 0 Å². The molecule has 0 saturated carbocycles. The second kappa shape index (κ2) is 5.30. The molecular weight excluding hydrogens is 261 g/mol. The number of hydrogen-bond donors (Lipinski definition) is 1. The monoisotopic (exact) mass is 277 g/mol. The van der Waals surface area contributed by atoms with Gasteiger partial charge in [0.05, 0.1) is 0 Å². The van der Waals surface area contributed by atoms with Crippen molar-refractivity contribution < 1.29 is 13.7 Å². The summed E-state index contributed by atoms with van der Waals surface area (Å²) in [6.45, 7) is 1.17. The Morgan fingerprint density at radius 2 is 2.00 bits per heavy atom. The molecule has 1 aromatic carbocycles. The quantitative estimate of drug-likeness (QED) is 0.925. The van der Waals surface area contributed by atoms with Gasteiger partial charge in [0.1, 0.15) is 11.4 Å². The van der Waals surface area contributed by atoms with E-state index in [4.69, 9.17) is 15.0 Å². The van der Waals surface area contributed by atoms with Crippen LogP contribution >= 0.6 is 0 Å². The first-order chi connectivity index (χ1) is 9.67. The molecule has 0 radical (unpaired) electrons. The van der Waals surface area contributed by atoms with Gasteiger partial charge in [-0.3, -0.25) is 0 Å². The number of aromatic nitrogens is 2. The summed E-state index contributed by atoms with van der Waals surface area (Å²) >= 11 is 0. The zero-order valence-corrected chi connectivity index (χ0v) is 11.0. The standard InChI is InChI=1S/C14H16FN3O2/c15-11-4-2-1-3-10(11)9-12-17-13(20-18-12)14(16)5-7-19-8-6-14/h1-4H,5-9,16H2. The largest absolute Gasteiger partial charge is 0.381 e. The Balaban J connectivity index is 1.78. The van der Waals surface area contributed by atoms with E-state index in [0.717, 1.165) is 0 Å². The molecule has 0 amide bonds. The van der Waals surface area contributed by atoms with E-state index in [0.29, 0.717) is 49.8 Å². The van der Waals surface area contributed by atoms with Gasteiger partial charge in [-0.05, 0) is 24.5 Å². The van der Waals surface area contributed by atoms with E-state index in [2.05, 4.69) is 10.1 Å². The van der Waals surface area contributed by atoms with Gasteiger partial charge in [-0.15, -0.1) is 0 Å². The highest BCUT2D eigenvalue weighted by molar-refractivity contribution is 5.21. The first kappa shape index (κ1) is 13.2. The number of nitrogens with zero attached hydrogens (tertiary/aromatic N) is 2. The number of ether oxygens (including phenoxy) is 1. The van der Waals surface area contributed by atoms with Crippen molar-refractivity contribution in [2.45, 2.75) is 24.8 Å². The molecule has 2 aromatic rings. The Hall–Kier alpha value is -1.79. The maximum atomic E-state index is 13.6. The van der Waals surface area contributed by atoms with Gasteiger partial charge in [0.2, 0.25) is 5.89 Å². The Morgan fingerprint density at radius 3 is 2.75 bits per heavy atom. The molecular formula is C14H16FN3O2. The molecule has 1 fully saturated rings. The van der Waals surface area contributed by atoms with Crippen molar-refractivity contribution in [3.63, 3.8) is 0 Å². The lowest BCUT2D eigenvalue weighted by molar-refractivity contribution is 0.0400. The third-order valence-electron chi connectivity index (χ3n) is 3.59. The van der Waals surface area contributed by atoms with Gasteiger partial charge < -0.3 is 15.0 Å². The molecule has 1 aliphatic rings. The molecule has 0 bridgehead atoms. The van der Waals surface area contributed by atoms with Crippen LogP contribution in [0.1, 0.15) is 30.1 Å². The third kappa shape index (κ3) is 2.57. The minimum Gasteiger partial charge on any atom is -0.381 e. The van der Waals surface area contributed by atoms with Crippen LogP contribution in [0, 0.1) is 5.82 Å². The first-order valence-corrected chi connectivity index (χ1v) is 6.60. The summed E-state index contributed by atoms with van der Waals surface area (Å²) in [6, 6.07) is 6.55. The van der Waals surface area contributed by atoms with Crippen LogP contribution in [-0.4, -0.2) is 23.4 Å². The van der Waals surface area contributed by atoms with Crippen LogP contribution in [-0.2, 0) is 16.7 Å². The average molecular weight is 277 g/mol. The van der Waals surface area contributed by atoms with Gasteiger partial charge in [0, 0.05) is 19.6 Å². The van der Waals surface area contributed by atoms with Crippen molar-refractivity contribution in [2.75, 3.05) is 13.2 Å². The molecule has 0 unspecified atom stereocenters. The van der Waals surface area contributed by atoms with Crippen LogP contribution in [0.15, 0.2) is 28.8 Å². The van der Waals surface area contributed by atoms with Crippen molar-refractivity contribution in [2.24, 2.45) is 5.73 Å². The minimum absolute atomic E-state index is 0.271. The minimum atomic E-state index is -0.626. The fourth-order valence-corrected chi connectivity index (χ4v) is 2.29. The van der Waals surface area contributed by atoms with Crippen LogP contribution in [0.4, 0.5) is 4.39 Å². The molecule has 106 valence electrons. The number of rotatable bonds is 3. The summed E-state index contributed by atoms with van der Waals surface area (Å²) in [5, 5.41) is 3.90. The van der Waals surface area contributed by atoms with Gasteiger partial charge in [0.15, 0.2) is 5.82 Å². The SMILES string of the molecule is NC1(c2nc(Cc3ccccc3F)no2)CCOCC1. The molecule has 2 N–H and O–H groups in total. The summed E-state index contributed by atoms with van der Waals surface area (Å²) in [5.41, 5.74) is 6.18. The van der Waals surface area contributed by atoms with Crippen LogP contribution in [0.3, 0.4) is 0 Å². The van der Waals surface area contributed by atoms with E-state index in [-0.39, 0.29) is 5.82 Å². The molecule has 0 spiro atoms. The molecule has 6 heteroatoms. The number of benzene rings is 1. The van der Waals surface area contributed by atoms with Crippen molar-refractivity contribution in [1.82, 2.24) is 10.1 Å². The number of nitrogens with two attached hydrogens (primary N) is 1. The summed E-state index contributed by atoms with van der Waals surface area (Å²) < 4.78 is 24.1. The van der Waals surface area contributed by atoms with E-state index >= 15 is 0 Å². The highest BCUT2D eigenvalue weighted by atomic mass is 19.1. The normalized spacial score (nSPS) is 18.1. The average Bonchev–Trinajstić information content (AvgIpc) is 2.92. The molecule has 0 aliphatic carbocycles. The number of halogens is 1. The lowest BCUT2D eigenvalue weighted by Crippen LogP contribution is -2.42. The van der Waals surface area contributed by atoms with Crippen LogP contribution < -0.4 is 5.73 Å². The Labute approximate surface area is 115 Å². The molecule has 2 heterocycles. The fraction of sp³-hybridized carbons (Fsp3) is 0.429. The maximum absolute atomic E-state index is 13.6. The molecule has 1 aliphatic heterocycles. The smallest absolute Gasteiger partial charge is 0.246 e. The van der Waals surface area contributed by atoms with Crippen molar-refractivity contribution >= 4 is 0 Å². The van der Waals surface area contributed by atoms with Crippen molar-refractivity contribution in [3.8, 4) is 0 Å². The lowest BCUT2D eigenvalue weighted by Gasteiger charge is -2.29. The highest BCUT2D eigenvalue weighted by Crippen LogP contribution is 2.28. The molecule has 20 heavy (non-hydrogen) atoms. The zero-order chi connectivity index (χ0) is 14.0. The zero-order valence-electron chi connectivity index (χ0n) is 11.0. The van der Waals surface area contributed by atoms with Gasteiger partial charge in [0.25, 0.3) is 0 Å².